The van der Waals surface area contributed by atoms with Gasteiger partial charge in [-0.15, -0.1) is 0 Å². The van der Waals surface area contributed by atoms with Gasteiger partial charge in [0.05, 0.1) is 13.1 Å². The summed E-state index contributed by atoms with van der Waals surface area (Å²) < 4.78 is 0. The van der Waals surface area contributed by atoms with E-state index in [0.717, 1.165) is 6.42 Å². The molecule has 0 atom stereocenters. The minimum Gasteiger partial charge on any atom is -0.358 e. The highest BCUT2D eigenvalue weighted by Gasteiger charge is 2.05. The number of hydrogen-bond acceptors (Lipinski definition) is 3. The summed E-state index contributed by atoms with van der Waals surface area (Å²) >= 11 is 0. The van der Waals surface area contributed by atoms with Crippen LogP contribution >= 0.6 is 0 Å². The van der Waals surface area contributed by atoms with Crippen molar-refractivity contribution in [3.05, 3.63) is 11.6 Å². The Bertz CT molecular complexity index is 313. The van der Waals surface area contributed by atoms with E-state index in [2.05, 4.69) is 22.0 Å². The number of likely N-dealkylation sites (N-methyl/N-ethyl adjacent to an activating group) is 1. The third kappa shape index (κ3) is 6.39. The summed E-state index contributed by atoms with van der Waals surface area (Å²) in [6.07, 6.45) is 8.15. The molecular formula is C13H23N3O2. The molecule has 0 aliphatic heterocycles. The van der Waals surface area contributed by atoms with Crippen LogP contribution in [0.2, 0.25) is 0 Å². The molecule has 1 aliphatic carbocycles. The quantitative estimate of drug-likeness (QED) is 0.573. The average molecular weight is 253 g/mol. The third-order valence-electron chi connectivity index (χ3n) is 3.00. The molecule has 0 spiro atoms. The second-order valence-electron chi connectivity index (χ2n) is 4.48. The molecule has 0 radical (unpaired) electrons. The first-order valence-electron chi connectivity index (χ1n) is 6.58. The number of rotatable bonds is 7. The second-order valence-corrected chi connectivity index (χ2v) is 4.48. The zero-order chi connectivity index (χ0) is 13.2. The molecule has 2 amide bonds. The number of carbonyl (C=O) groups excluding carboxylic acids is 2. The molecule has 0 unspecified atom stereocenters. The van der Waals surface area contributed by atoms with Crippen molar-refractivity contribution < 1.29 is 9.59 Å². The molecule has 3 N–H and O–H groups in total. The van der Waals surface area contributed by atoms with Crippen LogP contribution in [0.1, 0.15) is 32.1 Å². The van der Waals surface area contributed by atoms with Crippen molar-refractivity contribution in [1.29, 1.82) is 0 Å². The number of amides is 2. The first kappa shape index (κ1) is 14.7. The van der Waals surface area contributed by atoms with Gasteiger partial charge in [-0.05, 0) is 32.1 Å². The summed E-state index contributed by atoms with van der Waals surface area (Å²) in [6.45, 7) is 1.05. The summed E-state index contributed by atoms with van der Waals surface area (Å²) in [7, 11) is 1.57. The Hall–Kier alpha value is -1.36. The molecule has 5 heteroatoms. The molecule has 0 saturated heterocycles. The van der Waals surface area contributed by atoms with Gasteiger partial charge >= 0.3 is 0 Å². The van der Waals surface area contributed by atoms with E-state index in [1.54, 1.807) is 7.05 Å². The van der Waals surface area contributed by atoms with Gasteiger partial charge in [-0.2, -0.15) is 0 Å². The fraction of sp³-hybridized carbons (Fsp3) is 0.692. The molecule has 0 fully saturated rings. The highest BCUT2D eigenvalue weighted by Crippen LogP contribution is 2.19. The minimum atomic E-state index is -0.116. The molecule has 1 rings (SSSR count). The molecule has 0 heterocycles. The van der Waals surface area contributed by atoms with Crippen molar-refractivity contribution in [2.24, 2.45) is 0 Å². The smallest absolute Gasteiger partial charge is 0.233 e. The van der Waals surface area contributed by atoms with E-state index in [1.165, 1.54) is 31.3 Å². The Morgan fingerprint density at radius 1 is 1.22 bits per heavy atom. The lowest BCUT2D eigenvalue weighted by Gasteiger charge is -2.13. The van der Waals surface area contributed by atoms with Crippen LogP contribution in [0, 0.1) is 0 Å². The van der Waals surface area contributed by atoms with E-state index in [-0.39, 0.29) is 24.9 Å². The topological polar surface area (TPSA) is 70.2 Å². The van der Waals surface area contributed by atoms with Gasteiger partial charge in [0, 0.05) is 13.6 Å². The van der Waals surface area contributed by atoms with E-state index < -0.39 is 0 Å². The van der Waals surface area contributed by atoms with Crippen molar-refractivity contribution in [1.82, 2.24) is 16.0 Å². The van der Waals surface area contributed by atoms with E-state index in [4.69, 9.17) is 0 Å². The molecule has 0 saturated carbocycles. The lowest BCUT2D eigenvalue weighted by Crippen LogP contribution is -2.39. The molecule has 0 aromatic carbocycles. The molecule has 0 aromatic heterocycles. The first-order chi connectivity index (χ1) is 8.72. The van der Waals surface area contributed by atoms with Gasteiger partial charge in [0.2, 0.25) is 11.8 Å². The first-order valence-corrected chi connectivity index (χ1v) is 6.58. The van der Waals surface area contributed by atoms with E-state index in [0.29, 0.717) is 6.54 Å². The van der Waals surface area contributed by atoms with E-state index in [1.807, 2.05) is 0 Å². The average Bonchev–Trinajstić information content (AvgIpc) is 2.39. The van der Waals surface area contributed by atoms with Gasteiger partial charge in [0.1, 0.15) is 0 Å². The predicted octanol–water partition coefficient (Wildman–Crippen LogP) is 0.329. The zero-order valence-electron chi connectivity index (χ0n) is 11.1. The van der Waals surface area contributed by atoms with Crippen molar-refractivity contribution in [2.45, 2.75) is 32.1 Å². The zero-order valence-corrected chi connectivity index (χ0v) is 11.1. The largest absolute Gasteiger partial charge is 0.358 e. The van der Waals surface area contributed by atoms with Crippen molar-refractivity contribution in [2.75, 3.05) is 26.7 Å². The van der Waals surface area contributed by atoms with Crippen LogP contribution in [0.25, 0.3) is 0 Å². The van der Waals surface area contributed by atoms with Gasteiger partial charge in [0.25, 0.3) is 0 Å². The minimum absolute atomic E-state index is 0.0599. The molecule has 5 nitrogen and oxygen atoms in total. The van der Waals surface area contributed by atoms with Crippen LogP contribution in [0.5, 0.6) is 0 Å². The summed E-state index contributed by atoms with van der Waals surface area (Å²) in [5, 5.41) is 8.12. The highest BCUT2D eigenvalue weighted by molar-refractivity contribution is 5.80. The Kier molecular flexibility index (Phi) is 7.10. The van der Waals surface area contributed by atoms with E-state index in [9.17, 15) is 9.59 Å². The monoisotopic (exact) mass is 253 g/mol. The van der Waals surface area contributed by atoms with Gasteiger partial charge in [-0.1, -0.05) is 11.6 Å². The van der Waals surface area contributed by atoms with Crippen molar-refractivity contribution >= 4 is 11.8 Å². The lowest BCUT2D eigenvalue weighted by atomic mass is 9.97. The van der Waals surface area contributed by atoms with Crippen LogP contribution < -0.4 is 16.0 Å². The van der Waals surface area contributed by atoms with Crippen LogP contribution in [0.3, 0.4) is 0 Å². The van der Waals surface area contributed by atoms with Gasteiger partial charge in [-0.25, -0.2) is 0 Å². The maximum atomic E-state index is 11.4. The molecule has 1 aliphatic rings. The second kappa shape index (κ2) is 8.69. The van der Waals surface area contributed by atoms with Crippen molar-refractivity contribution in [3.8, 4) is 0 Å². The standard InChI is InChI=1S/C13H23N3O2/c1-14-12(17)9-15-10-13(18)16-8-7-11-5-3-2-4-6-11/h5,15H,2-4,6-10H2,1H3,(H,14,17)(H,16,18). The Morgan fingerprint density at radius 2 is 2.00 bits per heavy atom. The van der Waals surface area contributed by atoms with Gasteiger partial charge in [0.15, 0.2) is 0 Å². The number of allylic oxidation sites excluding steroid dienone is 1. The Morgan fingerprint density at radius 3 is 2.67 bits per heavy atom. The molecule has 0 bridgehead atoms. The number of nitrogens with one attached hydrogen (secondary N) is 3. The summed E-state index contributed by atoms with van der Waals surface area (Å²) in [5.74, 6) is -0.175. The fourth-order valence-electron chi connectivity index (χ4n) is 1.93. The molecule has 102 valence electrons. The Balaban J connectivity index is 2.02. The van der Waals surface area contributed by atoms with Crippen LogP contribution in [0.15, 0.2) is 11.6 Å². The lowest BCUT2D eigenvalue weighted by molar-refractivity contribution is -0.121. The maximum absolute atomic E-state index is 11.4. The number of hydrogen-bond donors (Lipinski definition) is 3. The van der Waals surface area contributed by atoms with Crippen LogP contribution in [0.4, 0.5) is 0 Å². The summed E-state index contributed by atoms with van der Waals surface area (Å²) in [5.41, 5.74) is 1.46. The third-order valence-corrected chi connectivity index (χ3v) is 3.00. The fourth-order valence-corrected chi connectivity index (χ4v) is 1.93. The highest BCUT2D eigenvalue weighted by atomic mass is 16.2. The van der Waals surface area contributed by atoms with Gasteiger partial charge < -0.3 is 10.6 Å². The van der Waals surface area contributed by atoms with Crippen LogP contribution in [-0.4, -0.2) is 38.5 Å². The van der Waals surface area contributed by atoms with Gasteiger partial charge in [-0.3, -0.25) is 14.9 Å². The van der Waals surface area contributed by atoms with E-state index >= 15 is 0 Å². The normalized spacial score (nSPS) is 14.8. The predicted molar refractivity (Wildman–Crippen MR) is 71.1 cm³/mol. The molecule has 0 aromatic rings. The molecule has 18 heavy (non-hydrogen) atoms. The maximum Gasteiger partial charge on any atom is 0.233 e. The van der Waals surface area contributed by atoms with Crippen LogP contribution in [-0.2, 0) is 9.59 Å². The summed E-state index contributed by atoms with van der Waals surface area (Å²) in [4.78, 5) is 22.3. The molecular weight excluding hydrogens is 230 g/mol. The number of carbonyl (C=O) groups is 2. The Labute approximate surface area is 108 Å². The summed E-state index contributed by atoms with van der Waals surface area (Å²) in [6, 6.07) is 0. The SMILES string of the molecule is CNC(=O)CNCC(=O)NCCC1=CCCCC1. The van der Waals surface area contributed by atoms with Crippen molar-refractivity contribution in [3.63, 3.8) is 0 Å².